The molecular formula is C18H17N3O. The lowest BCUT2D eigenvalue weighted by atomic mass is 10.0. The zero-order chi connectivity index (χ0) is 15.4. The van der Waals surface area contributed by atoms with Crippen LogP contribution in [0.25, 0.3) is 11.1 Å². The summed E-state index contributed by atoms with van der Waals surface area (Å²) in [6, 6.07) is 17.2. The Kier molecular flexibility index (Phi) is 4.17. The molecule has 1 amide bonds. The van der Waals surface area contributed by atoms with Gasteiger partial charge in [0.1, 0.15) is 0 Å². The van der Waals surface area contributed by atoms with Crippen LogP contribution in [0.3, 0.4) is 0 Å². The summed E-state index contributed by atoms with van der Waals surface area (Å²) in [6.07, 6.45) is 0. The summed E-state index contributed by atoms with van der Waals surface area (Å²) in [5.74, 6) is 0.0822. The predicted molar refractivity (Wildman–Crippen MR) is 85.4 cm³/mol. The smallest absolute Gasteiger partial charge is 0.253 e. The summed E-state index contributed by atoms with van der Waals surface area (Å²) in [7, 11) is 0. The molecule has 110 valence electrons. The van der Waals surface area contributed by atoms with Gasteiger partial charge in [-0.1, -0.05) is 24.3 Å². The number of benzene rings is 2. The van der Waals surface area contributed by atoms with Crippen molar-refractivity contribution in [3.63, 3.8) is 0 Å². The number of carbonyl (C=O) groups is 1. The van der Waals surface area contributed by atoms with Crippen molar-refractivity contribution >= 4 is 5.91 Å². The normalized spacial score (nSPS) is 14.4. The lowest BCUT2D eigenvalue weighted by Gasteiger charge is -2.27. The average Bonchev–Trinajstić information content (AvgIpc) is 2.62. The average molecular weight is 291 g/mol. The highest BCUT2D eigenvalue weighted by molar-refractivity contribution is 5.94. The number of nitrogens with zero attached hydrogens (tertiary/aromatic N) is 2. The van der Waals surface area contributed by atoms with Crippen LogP contribution in [0.15, 0.2) is 48.5 Å². The van der Waals surface area contributed by atoms with Crippen LogP contribution in [-0.4, -0.2) is 37.0 Å². The van der Waals surface area contributed by atoms with E-state index in [4.69, 9.17) is 5.26 Å². The summed E-state index contributed by atoms with van der Waals surface area (Å²) < 4.78 is 0. The molecule has 1 heterocycles. The Morgan fingerprint density at radius 2 is 1.77 bits per heavy atom. The maximum absolute atomic E-state index is 12.4. The van der Waals surface area contributed by atoms with Crippen molar-refractivity contribution in [2.45, 2.75) is 0 Å². The fourth-order valence-corrected chi connectivity index (χ4v) is 2.62. The molecule has 0 saturated carbocycles. The SMILES string of the molecule is N#Cc1cccc(-c2ccc(C(=O)N3CCNCC3)cc2)c1. The molecule has 0 aliphatic carbocycles. The molecule has 0 bridgehead atoms. The molecule has 1 N–H and O–H groups in total. The highest BCUT2D eigenvalue weighted by Crippen LogP contribution is 2.21. The molecule has 0 radical (unpaired) electrons. The van der Waals surface area contributed by atoms with Crippen molar-refractivity contribution in [2.24, 2.45) is 0 Å². The molecule has 1 aliphatic rings. The van der Waals surface area contributed by atoms with Crippen LogP contribution >= 0.6 is 0 Å². The minimum Gasteiger partial charge on any atom is -0.336 e. The topological polar surface area (TPSA) is 56.1 Å². The van der Waals surface area contributed by atoms with Gasteiger partial charge < -0.3 is 10.2 Å². The Labute approximate surface area is 130 Å². The minimum absolute atomic E-state index is 0.0822. The van der Waals surface area contributed by atoms with Crippen molar-refractivity contribution in [1.29, 1.82) is 5.26 Å². The van der Waals surface area contributed by atoms with Gasteiger partial charge in [-0.15, -0.1) is 0 Å². The molecule has 4 nitrogen and oxygen atoms in total. The Bertz CT molecular complexity index is 710. The van der Waals surface area contributed by atoms with E-state index in [2.05, 4.69) is 11.4 Å². The van der Waals surface area contributed by atoms with Gasteiger partial charge in [-0.2, -0.15) is 5.26 Å². The molecule has 2 aromatic rings. The molecule has 0 spiro atoms. The Balaban J connectivity index is 1.80. The van der Waals surface area contributed by atoms with Gasteiger partial charge in [-0.25, -0.2) is 0 Å². The van der Waals surface area contributed by atoms with Gasteiger partial charge in [-0.05, 0) is 35.4 Å². The molecule has 0 unspecified atom stereocenters. The predicted octanol–water partition coefficient (Wildman–Crippen LogP) is 2.27. The maximum atomic E-state index is 12.4. The second-order valence-corrected chi connectivity index (χ2v) is 5.31. The van der Waals surface area contributed by atoms with E-state index < -0.39 is 0 Å². The largest absolute Gasteiger partial charge is 0.336 e. The molecule has 1 saturated heterocycles. The van der Waals surface area contributed by atoms with E-state index in [1.807, 2.05) is 47.4 Å². The number of piperazine rings is 1. The number of hydrogen-bond acceptors (Lipinski definition) is 3. The van der Waals surface area contributed by atoms with Gasteiger partial charge in [0.05, 0.1) is 11.6 Å². The molecule has 22 heavy (non-hydrogen) atoms. The van der Waals surface area contributed by atoms with Crippen LogP contribution in [0.1, 0.15) is 15.9 Å². The van der Waals surface area contributed by atoms with E-state index in [0.29, 0.717) is 11.1 Å². The van der Waals surface area contributed by atoms with Crippen LogP contribution in [0, 0.1) is 11.3 Å². The van der Waals surface area contributed by atoms with Crippen LogP contribution in [-0.2, 0) is 0 Å². The van der Waals surface area contributed by atoms with E-state index >= 15 is 0 Å². The third-order valence-corrected chi connectivity index (χ3v) is 3.86. The van der Waals surface area contributed by atoms with Crippen LogP contribution in [0.4, 0.5) is 0 Å². The van der Waals surface area contributed by atoms with E-state index in [0.717, 1.165) is 37.3 Å². The summed E-state index contributed by atoms with van der Waals surface area (Å²) in [4.78, 5) is 14.3. The standard InChI is InChI=1S/C18H17N3O/c19-13-14-2-1-3-17(12-14)15-4-6-16(7-5-15)18(22)21-10-8-20-9-11-21/h1-7,12,20H,8-11H2. The van der Waals surface area contributed by atoms with Gasteiger partial charge in [0.15, 0.2) is 0 Å². The zero-order valence-electron chi connectivity index (χ0n) is 12.2. The fraction of sp³-hybridized carbons (Fsp3) is 0.222. The fourth-order valence-electron chi connectivity index (χ4n) is 2.62. The van der Waals surface area contributed by atoms with Gasteiger partial charge >= 0.3 is 0 Å². The van der Waals surface area contributed by atoms with Gasteiger partial charge in [0.2, 0.25) is 0 Å². The van der Waals surface area contributed by atoms with Gasteiger partial charge in [0.25, 0.3) is 5.91 Å². The van der Waals surface area contributed by atoms with E-state index in [9.17, 15) is 4.79 Å². The van der Waals surface area contributed by atoms with Gasteiger partial charge in [0, 0.05) is 31.7 Å². The molecule has 0 aromatic heterocycles. The first-order chi connectivity index (χ1) is 10.8. The highest BCUT2D eigenvalue weighted by Gasteiger charge is 2.17. The first kappa shape index (κ1) is 14.3. The third-order valence-electron chi connectivity index (χ3n) is 3.86. The molecule has 1 aliphatic heterocycles. The molecule has 0 atom stereocenters. The summed E-state index contributed by atoms with van der Waals surface area (Å²) in [6.45, 7) is 3.21. The van der Waals surface area contributed by atoms with Crippen molar-refractivity contribution < 1.29 is 4.79 Å². The molecular weight excluding hydrogens is 274 g/mol. The van der Waals surface area contributed by atoms with E-state index in [1.165, 1.54) is 0 Å². The molecule has 4 heteroatoms. The number of amides is 1. The lowest BCUT2D eigenvalue weighted by Crippen LogP contribution is -2.46. The van der Waals surface area contributed by atoms with Crippen molar-refractivity contribution in [3.05, 3.63) is 59.7 Å². The quantitative estimate of drug-likeness (QED) is 0.923. The van der Waals surface area contributed by atoms with E-state index in [-0.39, 0.29) is 5.91 Å². The summed E-state index contributed by atoms with van der Waals surface area (Å²) in [5, 5.41) is 12.2. The van der Waals surface area contributed by atoms with Crippen molar-refractivity contribution in [1.82, 2.24) is 10.2 Å². The molecule has 3 rings (SSSR count). The first-order valence-electron chi connectivity index (χ1n) is 7.38. The number of carbonyl (C=O) groups excluding carboxylic acids is 1. The van der Waals surface area contributed by atoms with Crippen molar-refractivity contribution in [3.8, 4) is 17.2 Å². The maximum Gasteiger partial charge on any atom is 0.253 e. The summed E-state index contributed by atoms with van der Waals surface area (Å²) in [5.41, 5.74) is 3.34. The number of nitrogens with one attached hydrogen (secondary N) is 1. The highest BCUT2D eigenvalue weighted by atomic mass is 16.2. The first-order valence-corrected chi connectivity index (χ1v) is 7.38. The molecule has 2 aromatic carbocycles. The minimum atomic E-state index is 0.0822. The Hall–Kier alpha value is -2.64. The van der Waals surface area contributed by atoms with Crippen LogP contribution in [0.2, 0.25) is 0 Å². The third kappa shape index (κ3) is 3.00. The second-order valence-electron chi connectivity index (χ2n) is 5.31. The number of hydrogen-bond donors (Lipinski definition) is 1. The summed E-state index contributed by atoms with van der Waals surface area (Å²) >= 11 is 0. The van der Waals surface area contributed by atoms with Crippen LogP contribution < -0.4 is 5.32 Å². The zero-order valence-corrected chi connectivity index (χ0v) is 12.2. The second kappa shape index (κ2) is 6.42. The van der Waals surface area contributed by atoms with Crippen molar-refractivity contribution in [2.75, 3.05) is 26.2 Å². The monoisotopic (exact) mass is 291 g/mol. The van der Waals surface area contributed by atoms with E-state index in [1.54, 1.807) is 6.07 Å². The van der Waals surface area contributed by atoms with Crippen LogP contribution in [0.5, 0.6) is 0 Å². The number of rotatable bonds is 2. The molecule has 1 fully saturated rings. The van der Waals surface area contributed by atoms with Gasteiger partial charge in [-0.3, -0.25) is 4.79 Å². The number of nitriles is 1. The Morgan fingerprint density at radius 1 is 1.05 bits per heavy atom. The Morgan fingerprint density at radius 3 is 2.45 bits per heavy atom. The lowest BCUT2D eigenvalue weighted by molar-refractivity contribution is 0.0736.